The average Bonchev–Trinajstić information content (AvgIpc) is 3.08. The molecule has 4 rings (SSSR count). The van der Waals surface area contributed by atoms with E-state index >= 15 is 0 Å². The second kappa shape index (κ2) is 8.93. The summed E-state index contributed by atoms with van der Waals surface area (Å²) in [5.74, 6) is 1.31. The molecule has 1 amide bonds. The van der Waals surface area contributed by atoms with Crippen molar-refractivity contribution in [3.63, 3.8) is 0 Å². The Bertz CT molecular complexity index is 1180. The summed E-state index contributed by atoms with van der Waals surface area (Å²) < 4.78 is 18.7. The van der Waals surface area contributed by atoms with E-state index in [1.165, 1.54) is 18.4 Å². The van der Waals surface area contributed by atoms with Gasteiger partial charge in [0.2, 0.25) is 0 Å². The Labute approximate surface area is 181 Å². The number of carbonyl (C=O) groups excluding carboxylic acids is 2. The predicted octanol–water partition coefficient (Wildman–Crippen LogP) is 3.50. The van der Waals surface area contributed by atoms with E-state index in [4.69, 9.17) is 14.2 Å². The van der Waals surface area contributed by atoms with Crippen LogP contribution in [0.1, 0.15) is 17.3 Å². The number of nitrogens with zero attached hydrogens (tertiary/aromatic N) is 2. The minimum atomic E-state index is -0.430. The van der Waals surface area contributed by atoms with Crippen LogP contribution in [0.25, 0.3) is 10.2 Å². The molecule has 0 radical (unpaired) electrons. The Balaban J connectivity index is 1.85. The van der Waals surface area contributed by atoms with Crippen molar-refractivity contribution in [3.05, 3.63) is 46.8 Å². The first kappa shape index (κ1) is 20.5. The SMILES string of the molecule is CCSc1ccccc1C(=O)N=c1sc2cc3c(cc2n1CC(=O)OC)OCCO3. The molecular formula is C21H20N2O5S2. The van der Waals surface area contributed by atoms with Gasteiger partial charge < -0.3 is 18.8 Å². The molecule has 0 saturated heterocycles. The summed E-state index contributed by atoms with van der Waals surface area (Å²) in [4.78, 5) is 30.7. The minimum Gasteiger partial charge on any atom is -0.486 e. The second-order valence-corrected chi connectivity index (χ2v) is 8.67. The number of aromatic nitrogens is 1. The summed E-state index contributed by atoms with van der Waals surface area (Å²) in [5, 5.41) is 0. The number of rotatable bonds is 5. The first-order chi connectivity index (χ1) is 14.6. The number of ether oxygens (including phenoxy) is 3. The summed E-state index contributed by atoms with van der Waals surface area (Å²) >= 11 is 2.91. The first-order valence-electron chi connectivity index (χ1n) is 9.41. The molecule has 0 N–H and O–H groups in total. The summed E-state index contributed by atoms with van der Waals surface area (Å²) in [6.07, 6.45) is 0. The number of thiazole rings is 1. The van der Waals surface area contributed by atoms with Crippen LogP contribution in [0.15, 0.2) is 46.3 Å². The van der Waals surface area contributed by atoms with Crippen molar-refractivity contribution in [1.29, 1.82) is 0 Å². The van der Waals surface area contributed by atoms with Gasteiger partial charge in [-0.1, -0.05) is 30.4 Å². The zero-order valence-electron chi connectivity index (χ0n) is 16.5. The monoisotopic (exact) mass is 444 g/mol. The van der Waals surface area contributed by atoms with E-state index < -0.39 is 5.97 Å². The molecule has 1 aliphatic heterocycles. The second-order valence-electron chi connectivity index (χ2n) is 6.36. The average molecular weight is 445 g/mol. The fourth-order valence-corrected chi connectivity index (χ4v) is 4.94. The van der Waals surface area contributed by atoms with E-state index in [2.05, 4.69) is 4.99 Å². The molecule has 0 bridgehead atoms. The molecule has 30 heavy (non-hydrogen) atoms. The maximum absolute atomic E-state index is 13.0. The van der Waals surface area contributed by atoms with Gasteiger partial charge >= 0.3 is 5.97 Å². The van der Waals surface area contributed by atoms with Crippen molar-refractivity contribution in [2.24, 2.45) is 4.99 Å². The van der Waals surface area contributed by atoms with E-state index in [1.54, 1.807) is 22.4 Å². The van der Waals surface area contributed by atoms with Gasteiger partial charge in [-0.3, -0.25) is 9.59 Å². The molecule has 9 heteroatoms. The van der Waals surface area contributed by atoms with Gasteiger partial charge in [0.1, 0.15) is 19.8 Å². The van der Waals surface area contributed by atoms with Gasteiger partial charge in [-0.05, 0) is 17.9 Å². The highest BCUT2D eigenvalue weighted by molar-refractivity contribution is 7.99. The molecule has 0 spiro atoms. The Morgan fingerprint density at radius 2 is 1.93 bits per heavy atom. The number of esters is 1. The number of amides is 1. The van der Waals surface area contributed by atoms with Crippen molar-refractivity contribution >= 4 is 45.2 Å². The third-order valence-electron chi connectivity index (χ3n) is 4.48. The Hall–Kier alpha value is -2.78. The quantitative estimate of drug-likeness (QED) is 0.443. The van der Waals surface area contributed by atoms with Crippen LogP contribution in [0.5, 0.6) is 11.5 Å². The van der Waals surface area contributed by atoms with Crippen LogP contribution < -0.4 is 14.3 Å². The molecule has 2 heterocycles. The van der Waals surface area contributed by atoms with Crippen molar-refractivity contribution in [2.45, 2.75) is 18.4 Å². The molecule has 1 aliphatic rings. The smallest absolute Gasteiger partial charge is 0.325 e. The van der Waals surface area contributed by atoms with Crippen LogP contribution in [0.4, 0.5) is 0 Å². The van der Waals surface area contributed by atoms with Crippen molar-refractivity contribution in [2.75, 3.05) is 26.1 Å². The van der Waals surface area contributed by atoms with E-state index in [9.17, 15) is 9.59 Å². The van der Waals surface area contributed by atoms with Gasteiger partial charge in [-0.2, -0.15) is 4.99 Å². The van der Waals surface area contributed by atoms with Crippen LogP contribution >= 0.6 is 23.1 Å². The molecule has 0 unspecified atom stereocenters. The van der Waals surface area contributed by atoms with Crippen molar-refractivity contribution in [3.8, 4) is 11.5 Å². The number of carbonyl (C=O) groups is 2. The molecule has 0 saturated carbocycles. The van der Waals surface area contributed by atoms with Gasteiger partial charge in [0.15, 0.2) is 16.3 Å². The van der Waals surface area contributed by atoms with E-state index in [-0.39, 0.29) is 12.5 Å². The first-order valence-corrected chi connectivity index (χ1v) is 11.2. The number of fused-ring (bicyclic) bond motifs is 2. The van der Waals surface area contributed by atoms with E-state index in [1.807, 2.05) is 37.3 Å². The van der Waals surface area contributed by atoms with Gasteiger partial charge in [-0.25, -0.2) is 0 Å². The molecular weight excluding hydrogens is 424 g/mol. The van der Waals surface area contributed by atoms with Gasteiger partial charge in [-0.15, -0.1) is 11.8 Å². The maximum Gasteiger partial charge on any atom is 0.325 e. The highest BCUT2D eigenvalue weighted by atomic mass is 32.2. The van der Waals surface area contributed by atoms with Crippen LogP contribution in [-0.4, -0.2) is 42.5 Å². The molecule has 2 aromatic carbocycles. The summed E-state index contributed by atoms with van der Waals surface area (Å²) in [5.41, 5.74) is 1.27. The lowest BCUT2D eigenvalue weighted by Crippen LogP contribution is -2.22. The molecule has 7 nitrogen and oxygen atoms in total. The van der Waals surface area contributed by atoms with Crippen molar-refractivity contribution < 1.29 is 23.8 Å². The van der Waals surface area contributed by atoms with E-state index in [0.717, 1.165) is 20.9 Å². The lowest BCUT2D eigenvalue weighted by atomic mass is 10.2. The molecule has 1 aromatic heterocycles. The van der Waals surface area contributed by atoms with Crippen LogP contribution in [-0.2, 0) is 16.1 Å². The third-order valence-corrected chi connectivity index (χ3v) is 6.47. The van der Waals surface area contributed by atoms with Crippen LogP contribution in [0.2, 0.25) is 0 Å². The fraction of sp³-hybridized carbons (Fsp3) is 0.286. The zero-order chi connectivity index (χ0) is 21.1. The zero-order valence-corrected chi connectivity index (χ0v) is 18.2. The number of hydrogen-bond donors (Lipinski definition) is 0. The van der Waals surface area contributed by atoms with Crippen molar-refractivity contribution in [1.82, 2.24) is 4.57 Å². The van der Waals surface area contributed by atoms with E-state index in [0.29, 0.717) is 35.1 Å². The maximum atomic E-state index is 13.0. The molecule has 156 valence electrons. The van der Waals surface area contributed by atoms with Crippen LogP contribution in [0.3, 0.4) is 0 Å². The Kier molecular flexibility index (Phi) is 6.10. The fourth-order valence-electron chi connectivity index (χ4n) is 3.11. The summed E-state index contributed by atoms with van der Waals surface area (Å²) in [7, 11) is 1.33. The predicted molar refractivity (Wildman–Crippen MR) is 116 cm³/mol. The number of thioether (sulfide) groups is 1. The highest BCUT2D eigenvalue weighted by Gasteiger charge is 2.19. The lowest BCUT2D eigenvalue weighted by molar-refractivity contribution is -0.141. The lowest BCUT2D eigenvalue weighted by Gasteiger charge is -2.18. The largest absolute Gasteiger partial charge is 0.486 e. The number of methoxy groups -OCH3 is 1. The Morgan fingerprint density at radius 1 is 1.20 bits per heavy atom. The standard InChI is InChI=1S/C21H20N2O5S2/c1-3-29-17-7-5-4-6-13(17)20(25)22-21-23(12-19(24)26-2)14-10-15-16(11-18(14)30-21)28-9-8-27-15/h4-7,10-11H,3,8-9,12H2,1-2H3. The highest BCUT2D eigenvalue weighted by Crippen LogP contribution is 2.35. The normalized spacial score (nSPS) is 13.5. The number of benzene rings is 2. The summed E-state index contributed by atoms with van der Waals surface area (Å²) in [6, 6.07) is 11.1. The van der Waals surface area contributed by atoms with Gasteiger partial charge in [0.25, 0.3) is 5.91 Å². The van der Waals surface area contributed by atoms with Gasteiger partial charge in [0, 0.05) is 17.0 Å². The third kappa shape index (κ3) is 4.08. The molecule has 0 aliphatic carbocycles. The van der Waals surface area contributed by atoms with Crippen LogP contribution in [0, 0.1) is 0 Å². The molecule has 3 aromatic rings. The number of hydrogen-bond acceptors (Lipinski definition) is 7. The minimum absolute atomic E-state index is 0.0619. The summed E-state index contributed by atoms with van der Waals surface area (Å²) in [6.45, 7) is 2.91. The molecule has 0 fully saturated rings. The van der Waals surface area contributed by atoms with Gasteiger partial charge in [0.05, 0.1) is 22.9 Å². The molecule has 0 atom stereocenters. The Morgan fingerprint density at radius 3 is 2.67 bits per heavy atom. The topological polar surface area (TPSA) is 79.1 Å².